The van der Waals surface area contributed by atoms with Gasteiger partial charge in [0.2, 0.25) is 0 Å². The largest absolute Gasteiger partial charge is 0.352 e. The van der Waals surface area contributed by atoms with Gasteiger partial charge >= 0.3 is 0 Å². The lowest BCUT2D eigenvalue weighted by atomic mass is 9.96. The maximum Gasteiger partial charge on any atom is 0.173 e. The number of carbonyl (C=O) groups is 1. The number of benzene rings is 2. The zero-order valence-corrected chi connectivity index (χ0v) is 16.4. The Bertz CT molecular complexity index is 876. The maximum atomic E-state index is 13.8. The molecule has 2 rings (SSSR count). The fourth-order valence-electron chi connectivity index (χ4n) is 2.60. The normalized spacial score (nSPS) is 10.6. The number of nitrogens with one attached hydrogen (secondary N) is 1. The number of hydrogen-bond acceptors (Lipinski definition) is 2. The van der Waals surface area contributed by atoms with Crippen LogP contribution in [0.5, 0.6) is 0 Å². The average Bonchev–Trinajstić information content (AvgIpc) is 2.59. The van der Waals surface area contributed by atoms with Gasteiger partial charge in [-0.25, -0.2) is 13.2 Å². The first kappa shape index (κ1) is 20.9. The fraction of sp³-hybridized carbons (Fsp3) is 0.300. The molecule has 0 fully saturated rings. The molecule has 0 aromatic heterocycles. The lowest BCUT2D eigenvalue weighted by Crippen LogP contribution is -2.31. The molecule has 144 valence electrons. The number of anilines is 1. The van der Waals surface area contributed by atoms with E-state index < -0.39 is 35.2 Å². The molecule has 0 atom stereocenters. The van der Waals surface area contributed by atoms with Crippen LogP contribution in [-0.4, -0.2) is 29.4 Å². The first-order valence-corrected chi connectivity index (χ1v) is 8.84. The van der Waals surface area contributed by atoms with Crippen LogP contribution < -0.4 is 5.32 Å². The van der Waals surface area contributed by atoms with Gasteiger partial charge < -0.3 is 10.2 Å². The molecular weight excluding hydrogens is 373 g/mol. The number of rotatable bonds is 5. The van der Waals surface area contributed by atoms with E-state index >= 15 is 0 Å². The average molecular weight is 394 g/mol. The Morgan fingerprint density at radius 1 is 1.07 bits per heavy atom. The van der Waals surface area contributed by atoms with Crippen molar-refractivity contribution in [1.29, 1.82) is 0 Å². The molecule has 3 nitrogen and oxygen atoms in total. The van der Waals surface area contributed by atoms with Crippen LogP contribution >= 0.6 is 12.2 Å². The Hall–Kier alpha value is -2.41. The van der Waals surface area contributed by atoms with Crippen LogP contribution in [-0.2, 0) is 6.42 Å². The van der Waals surface area contributed by atoms with E-state index in [9.17, 15) is 18.0 Å². The number of aryl methyl sites for hydroxylation is 2. The van der Waals surface area contributed by atoms with E-state index in [1.54, 1.807) is 19.1 Å². The summed E-state index contributed by atoms with van der Waals surface area (Å²) in [6, 6.07) is 4.58. The second-order valence-electron chi connectivity index (χ2n) is 6.37. The third-order valence-electron chi connectivity index (χ3n) is 4.38. The van der Waals surface area contributed by atoms with Gasteiger partial charge in [-0.3, -0.25) is 4.79 Å². The minimum absolute atomic E-state index is 0.357. The number of nitrogens with zero attached hydrogens (tertiary/aromatic N) is 1. The van der Waals surface area contributed by atoms with Crippen LogP contribution in [0, 0.1) is 31.3 Å². The van der Waals surface area contributed by atoms with E-state index in [1.807, 2.05) is 25.8 Å². The molecule has 0 saturated heterocycles. The van der Waals surface area contributed by atoms with Gasteiger partial charge in [0.1, 0.15) is 17.5 Å². The topological polar surface area (TPSA) is 32.3 Å². The number of hydrogen-bond donors (Lipinski definition) is 1. The standard InChI is InChI=1S/C20H21F3N2OS/c1-5-25(4)20(27)24-18-7-11(2)14(6-12(18)3)19(26)10-15-16(22)8-13(21)9-17(15)23/h6-9H,5,10H2,1-4H3,(H,24,27). The summed E-state index contributed by atoms with van der Waals surface area (Å²) in [4.78, 5) is 14.4. The van der Waals surface area contributed by atoms with Gasteiger partial charge in [-0.15, -0.1) is 0 Å². The number of thiocarbonyl (C=S) groups is 1. The minimum Gasteiger partial charge on any atom is -0.352 e. The third kappa shape index (κ3) is 4.86. The Morgan fingerprint density at radius 2 is 1.67 bits per heavy atom. The molecule has 2 aromatic carbocycles. The van der Waals surface area contributed by atoms with Crippen molar-refractivity contribution in [2.75, 3.05) is 18.9 Å². The van der Waals surface area contributed by atoms with Gasteiger partial charge in [-0.1, -0.05) is 0 Å². The van der Waals surface area contributed by atoms with E-state index in [4.69, 9.17) is 12.2 Å². The number of carbonyl (C=O) groups excluding carboxylic acids is 1. The van der Waals surface area contributed by atoms with Crippen molar-refractivity contribution in [3.05, 3.63) is 64.0 Å². The summed E-state index contributed by atoms with van der Waals surface area (Å²) >= 11 is 5.30. The predicted octanol–water partition coefficient (Wildman–Crippen LogP) is 4.79. The molecule has 2 aromatic rings. The molecule has 0 heterocycles. The van der Waals surface area contributed by atoms with E-state index in [2.05, 4.69) is 5.32 Å². The van der Waals surface area contributed by atoms with E-state index in [0.717, 1.165) is 17.8 Å². The Labute approximate surface area is 162 Å². The van der Waals surface area contributed by atoms with Crippen molar-refractivity contribution in [3.63, 3.8) is 0 Å². The minimum atomic E-state index is -1.07. The molecule has 0 bridgehead atoms. The predicted molar refractivity (Wildman–Crippen MR) is 105 cm³/mol. The van der Waals surface area contributed by atoms with Gasteiger partial charge in [-0.2, -0.15) is 0 Å². The molecule has 0 unspecified atom stereocenters. The highest BCUT2D eigenvalue weighted by Crippen LogP contribution is 2.24. The summed E-state index contributed by atoms with van der Waals surface area (Å²) in [6.45, 7) is 6.27. The second-order valence-corrected chi connectivity index (χ2v) is 6.76. The number of ketones is 1. The molecule has 0 radical (unpaired) electrons. The van der Waals surface area contributed by atoms with Crippen molar-refractivity contribution in [2.24, 2.45) is 0 Å². The van der Waals surface area contributed by atoms with E-state index in [1.165, 1.54) is 0 Å². The van der Waals surface area contributed by atoms with Gasteiger partial charge in [0.05, 0.1) is 0 Å². The molecule has 27 heavy (non-hydrogen) atoms. The zero-order valence-electron chi connectivity index (χ0n) is 15.6. The fourth-order valence-corrected chi connectivity index (χ4v) is 2.84. The molecule has 0 aliphatic carbocycles. The lowest BCUT2D eigenvalue weighted by Gasteiger charge is -2.21. The van der Waals surface area contributed by atoms with Crippen LogP contribution in [0.3, 0.4) is 0 Å². The van der Waals surface area contributed by atoms with Gasteiger partial charge in [0, 0.05) is 49.0 Å². The molecule has 0 amide bonds. The number of halogens is 3. The zero-order chi connectivity index (χ0) is 20.3. The van der Waals surface area contributed by atoms with Crippen LogP contribution in [0.1, 0.15) is 34.0 Å². The van der Waals surface area contributed by atoms with Gasteiger partial charge in [0.15, 0.2) is 10.9 Å². The van der Waals surface area contributed by atoms with Gasteiger partial charge in [-0.05, 0) is 56.2 Å². The second kappa shape index (κ2) is 8.52. The number of Topliss-reactive ketones (excluding diaryl/α,β-unsaturated/α-hetero) is 1. The SMILES string of the molecule is CCN(C)C(=S)Nc1cc(C)c(C(=O)Cc2c(F)cc(F)cc2F)cc1C. The molecule has 0 spiro atoms. The molecule has 7 heteroatoms. The third-order valence-corrected chi connectivity index (χ3v) is 4.79. The van der Waals surface area contributed by atoms with Crippen molar-refractivity contribution in [2.45, 2.75) is 27.2 Å². The van der Waals surface area contributed by atoms with Crippen molar-refractivity contribution < 1.29 is 18.0 Å². The summed E-state index contributed by atoms with van der Waals surface area (Å²) in [5.41, 5.74) is 2.10. The summed E-state index contributed by atoms with van der Waals surface area (Å²) in [5, 5.41) is 3.68. The highest BCUT2D eigenvalue weighted by Gasteiger charge is 2.19. The molecule has 0 aliphatic heterocycles. The maximum absolute atomic E-state index is 13.8. The van der Waals surface area contributed by atoms with Crippen molar-refractivity contribution in [1.82, 2.24) is 4.90 Å². The van der Waals surface area contributed by atoms with E-state index in [0.29, 0.717) is 28.4 Å². The lowest BCUT2D eigenvalue weighted by molar-refractivity contribution is 0.0990. The summed E-state index contributed by atoms with van der Waals surface area (Å²) in [5.74, 6) is -3.60. The van der Waals surface area contributed by atoms with Crippen molar-refractivity contribution >= 4 is 28.8 Å². The monoisotopic (exact) mass is 394 g/mol. The first-order chi connectivity index (χ1) is 12.6. The smallest absolute Gasteiger partial charge is 0.173 e. The summed E-state index contributed by atoms with van der Waals surface area (Å²) in [7, 11) is 1.86. The van der Waals surface area contributed by atoms with Crippen LogP contribution in [0.2, 0.25) is 0 Å². The molecule has 0 saturated carbocycles. The van der Waals surface area contributed by atoms with Crippen LogP contribution in [0.25, 0.3) is 0 Å². The Balaban J connectivity index is 2.28. The molecule has 0 aliphatic rings. The summed E-state index contributed by atoms with van der Waals surface area (Å²) < 4.78 is 40.7. The van der Waals surface area contributed by atoms with Gasteiger partial charge in [0.25, 0.3) is 0 Å². The molecule has 1 N–H and O–H groups in total. The van der Waals surface area contributed by atoms with E-state index in [-0.39, 0.29) is 0 Å². The molecular formula is C20H21F3N2OS. The quantitative estimate of drug-likeness (QED) is 0.584. The first-order valence-electron chi connectivity index (χ1n) is 8.44. The highest BCUT2D eigenvalue weighted by atomic mass is 32.1. The Morgan fingerprint density at radius 3 is 2.22 bits per heavy atom. The summed E-state index contributed by atoms with van der Waals surface area (Å²) in [6.07, 6.45) is -0.484. The van der Waals surface area contributed by atoms with Crippen LogP contribution in [0.4, 0.5) is 18.9 Å². The van der Waals surface area contributed by atoms with Crippen molar-refractivity contribution in [3.8, 4) is 0 Å². The Kier molecular flexibility index (Phi) is 6.59. The van der Waals surface area contributed by atoms with Crippen LogP contribution in [0.15, 0.2) is 24.3 Å². The highest BCUT2D eigenvalue weighted by molar-refractivity contribution is 7.80.